The van der Waals surface area contributed by atoms with E-state index in [1.807, 2.05) is 18.2 Å². The molecule has 1 fully saturated rings. The van der Waals surface area contributed by atoms with Gasteiger partial charge in [0.1, 0.15) is 0 Å². The van der Waals surface area contributed by atoms with Gasteiger partial charge < -0.3 is 4.57 Å². The summed E-state index contributed by atoms with van der Waals surface area (Å²) in [7, 11) is 0. The number of imidazole rings is 1. The first-order valence-corrected chi connectivity index (χ1v) is 8.30. The molecule has 0 saturated heterocycles. The van der Waals surface area contributed by atoms with E-state index < -0.39 is 0 Å². The second-order valence-corrected chi connectivity index (χ2v) is 6.64. The van der Waals surface area contributed by atoms with Gasteiger partial charge in [-0.25, -0.2) is 4.98 Å². The number of fused-ring (bicyclic) bond motifs is 1. The normalized spacial score (nSPS) is 14.4. The van der Waals surface area contributed by atoms with Crippen molar-refractivity contribution >= 4 is 34.2 Å². The zero-order valence-corrected chi connectivity index (χ0v) is 12.8. The van der Waals surface area contributed by atoms with Gasteiger partial charge in [0.2, 0.25) is 11.9 Å². The third-order valence-corrected chi connectivity index (χ3v) is 4.64. The van der Waals surface area contributed by atoms with Gasteiger partial charge in [0, 0.05) is 17.6 Å². The number of nitrogens with zero attached hydrogens (tertiary/aromatic N) is 3. The highest BCUT2D eigenvalue weighted by Gasteiger charge is 2.24. The first-order chi connectivity index (χ1) is 10.8. The van der Waals surface area contributed by atoms with Crippen LogP contribution in [0.1, 0.15) is 17.7 Å². The molecule has 5 nitrogen and oxygen atoms in total. The van der Waals surface area contributed by atoms with E-state index in [1.54, 1.807) is 11.7 Å². The molecular formula is C16H16N4OS. The highest BCUT2D eigenvalue weighted by Crippen LogP contribution is 2.33. The van der Waals surface area contributed by atoms with Crippen molar-refractivity contribution in [2.75, 3.05) is 5.32 Å². The van der Waals surface area contributed by atoms with E-state index in [1.165, 1.54) is 24.2 Å². The molecule has 1 saturated carbocycles. The van der Waals surface area contributed by atoms with Crippen LogP contribution in [0.5, 0.6) is 0 Å². The van der Waals surface area contributed by atoms with E-state index in [4.69, 9.17) is 0 Å². The second-order valence-electron chi connectivity index (χ2n) is 5.67. The molecule has 6 heteroatoms. The Hall–Kier alpha value is -2.21. The number of thiazole rings is 1. The molecule has 0 atom stereocenters. The first kappa shape index (κ1) is 13.5. The molecule has 0 aliphatic heterocycles. The second kappa shape index (κ2) is 5.53. The smallest absolute Gasteiger partial charge is 0.231 e. The molecular weight excluding hydrogens is 296 g/mol. The Morgan fingerprint density at radius 2 is 2.23 bits per heavy atom. The topological polar surface area (TPSA) is 59.8 Å². The molecule has 2 heterocycles. The van der Waals surface area contributed by atoms with Gasteiger partial charge in [-0.3, -0.25) is 15.1 Å². The number of aromatic nitrogens is 3. The molecule has 1 aliphatic rings. The molecule has 2 aromatic heterocycles. The summed E-state index contributed by atoms with van der Waals surface area (Å²) in [6.45, 7) is 0.927. The Balaban J connectivity index is 1.60. The van der Waals surface area contributed by atoms with Gasteiger partial charge in [0.05, 0.1) is 23.0 Å². The number of carbonyl (C=O) groups is 1. The van der Waals surface area contributed by atoms with Gasteiger partial charge >= 0.3 is 0 Å². The maximum absolute atomic E-state index is 12.2. The summed E-state index contributed by atoms with van der Waals surface area (Å²) in [6.07, 6.45) is 4.61. The maximum Gasteiger partial charge on any atom is 0.231 e. The largest absolute Gasteiger partial charge is 0.310 e. The van der Waals surface area contributed by atoms with E-state index >= 15 is 0 Å². The van der Waals surface area contributed by atoms with Crippen LogP contribution in [0.4, 0.5) is 5.95 Å². The summed E-state index contributed by atoms with van der Waals surface area (Å²) in [5, 5.41) is 2.96. The van der Waals surface area contributed by atoms with Crippen LogP contribution in [-0.2, 0) is 17.8 Å². The lowest BCUT2D eigenvalue weighted by Crippen LogP contribution is -2.18. The van der Waals surface area contributed by atoms with Crippen molar-refractivity contribution in [2.45, 2.75) is 25.8 Å². The Bertz CT molecular complexity index is 805. The minimum absolute atomic E-state index is 0.0448. The predicted molar refractivity (Wildman–Crippen MR) is 86.9 cm³/mol. The maximum atomic E-state index is 12.2. The molecule has 1 aliphatic carbocycles. The van der Waals surface area contributed by atoms with Crippen LogP contribution in [0.3, 0.4) is 0 Å². The fraction of sp³-hybridized carbons (Fsp3) is 0.312. The minimum atomic E-state index is -0.0448. The quantitative estimate of drug-likeness (QED) is 0.787. The highest BCUT2D eigenvalue weighted by atomic mass is 32.1. The summed E-state index contributed by atoms with van der Waals surface area (Å²) < 4.78 is 2.14. The molecule has 0 spiro atoms. The lowest BCUT2D eigenvalue weighted by atomic mass is 10.3. The molecule has 1 amide bonds. The molecule has 1 aromatic carbocycles. The summed E-state index contributed by atoms with van der Waals surface area (Å²) in [4.78, 5) is 21.8. The van der Waals surface area contributed by atoms with Gasteiger partial charge in [0.15, 0.2) is 0 Å². The van der Waals surface area contributed by atoms with Crippen molar-refractivity contribution in [1.82, 2.24) is 14.5 Å². The van der Waals surface area contributed by atoms with Crippen LogP contribution in [-0.4, -0.2) is 20.4 Å². The molecule has 0 unspecified atom stereocenters. The fourth-order valence-corrected chi connectivity index (χ4v) is 3.16. The number of amides is 1. The van der Waals surface area contributed by atoms with Crippen molar-refractivity contribution < 1.29 is 4.79 Å². The lowest BCUT2D eigenvalue weighted by Gasteiger charge is -2.09. The number of carbonyl (C=O) groups excluding carboxylic acids is 1. The number of nitrogens with one attached hydrogen (secondary N) is 1. The standard InChI is InChI=1S/C16H16N4OS/c21-15(7-12-8-17-10-22-12)19-16-18-13-3-1-2-4-14(13)20(16)9-11-5-6-11/h1-4,8,10-11H,5-7,9H2,(H,18,19,21). The summed E-state index contributed by atoms with van der Waals surface area (Å²) in [6, 6.07) is 8.02. The van der Waals surface area contributed by atoms with E-state index in [-0.39, 0.29) is 5.91 Å². The van der Waals surface area contributed by atoms with Crippen molar-refractivity contribution in [3.8, 4) is 0 Å². The van der Waals surface area contributed by atoms with Crippen molar-refractivity contribution in [2.24, 2.45) is 5.92 Å². The van der Waals surface area contributed by atoms with Crippen molar-refractivity contribution in [3.63, 3.8) is 0 Å². The van der Waals surface area contributed by atoms with Crippen molar-refractivity contribution in [3.05, 3.63) is 40.8 Å². The molecule has 0 bridgehead atoms. The molecule has 0 radical (unpaired) electrons. The Morgan fingerprint density at radius 1 is 1.36 bits per heavy atom. The molecule has 4 rings (SSSR count). The summed E-state index contributed by atoms with van der Waals surface area (Å²) >= 11 is 1.49. The Morgan fingerprint density at radius 3 is 3.00 bits per heavy atom. The van der Waals surface area contributed by atoms with Crippen LogP contribution in [0.25, 0.3) is 11.0 Å². The number of benzene rings is 1. The Kier molecular flexibility index (Phi) is 3.38. The Labute approximate surface area is 132 Å². The van der Waals surface area contributed by atoms with Crippen LogP contribution >= 0.6 is 11.3 Å². The molecule has 1 N–H and O–H groups in total. The van der Waals surface area contributed by atoms with Gasteiger partial charge in [-0.05, 0) is 30.9 Å². The zero-order chi connectivity index (χ0) is 14.9. The van der Waals surface area contributed by atoms with Crippen LogP contribution in [0, 0.1) is 5.92 Å². The van der Waals surface area contributed by atoms with Crippen LogP contribution < -0.4 is 5.32 Å². The van der Waals surface area contributed by atoms with Gasteiger partial charge in [-0.1, -0.05) is 12.1 Å². The van der Waals surface area contributed by atoms with E-state index in [0.717, 1.165) is 28.4 Å². The predicted octanol–water partition coefficient (Wildman–Crippen LogP) is 3.08. The fourth-order valence-electron chi connectivity index (χ4n) is 2.57. The van der Waals surface area contributed by atoms with Crippen LogP contribution in [0.15, 0.2) is 36.0 Å². The monoisotopic (exact) mass is 312 g/mol. The molecule has 3 aromatic rings. The average Bonchev–Trinajstić information content (AvgIpc) is 3.07. The lowest BCUT2D eigenvalue weighted by molar-refractivity contribution is -0.115. The van der Waals surface area contributed by atoms with Gasteiger partial charge in [0.25, 0.3) is 0 Å². The van der Waals surface area contributed by atoms with Crippen molar-refractivity contribution in [1.29, 1.82) is 0 Å². The molecule has 112 valence electrons. The summed E-state index contributed by atoms with van der Waals surface area (Å²) in [5.41, 5.74) is 3.75. The number of para-hydroxylation sites is 2. The van der Waals surface area contributed by atoms with Gasteiger partial charge in [-0.15, -0.1) is 11.3 Å². The third kappa shape index (κ3) is 2.74. The first-order valence-electron chi connectivity index (χ1n) is 7.42. The van der Waals surface area contributed by atoms with E-state index in [0.29, 0.717) is 12.4 Å². The highest BCUT2D eigenvalue weighted by molar-refractivity contribution is 7.09. The number of anilines is 1. The van der Waals surface area contributed by atoms with E-state index in [9.17, 15) is 4.79 Å². The van der Waals surface area contributed by atoms with E-state index in [2.05, 4.69) is 25.9 Å². The third-order valence-electron chi connectivity index (χ3n) is 3.86. The number of rotatable bonds is 5. The molecule has 22 heavy (non-hydrogen) atoms. The average molecular weight is 312 g/mol. The SMILES string of the molecule is O=C(Cc1cncs1)Nc1nc2ccccc2n1CC1CC1. The summed E-state index contributed by atoms with van der Waals surface area (Å²) in [5.74, 6) is 1.33. The zero-order valence-electron chi connectivity index (χ0n) is 12.0. The van der Waals surface area contributed by atoms with Crippen LogP contribution in [0.2, 0.25) is 0 Å². The number of hydrogen-bond acceptors (Lipinski definition) is 4. The van der Waals surface area contributed by atoms with Gasteiger partial charge in [-0.2, -0.15) is 0 Å². The minimum Gasteiger partial charge on any atom is -0.310 e. The number of hydrogen-bond donors (Lipinski definition) is 1.